The maximum absolute atomic E-state index is 12.7. The van der Waals surface area contributed by atoms with Crippen molar-refractivity contribution in [3.63, 3.8) is 0 Å². The van der Waals surface area contributed by atoms with Gasteiger partial charge in [-0.15, -0.1) is 6.58 Å². The molecule has 0 spiro atoms. The van der Waals surface area contributed by atoms with Gasteiger partial charge in [0.1, 0.15) is 5.75 Å². The topological polar surface area (TPSA) is 23.1 Å². The first kappa shape index (κ1) is 19.6. The van der Waals surface area contributed by atoms with E-state index in [1.807, 2.05) is 54.6 Å². The Morgan fingerprint density at radius 1 is 0.778 bits per heavy atom. The lowest BCUT2D eigenvalue weighted by atomic mass is 9.90. The molecular weight excluding hydrogens is 368 g/mol. The van der Waals surface area contributed by atoms with Crippen LogP contribution in [0.4, 0.5) is 0 Å². The van der Waals surface area contributed by atoms with Gasteiger partial charge in [-0.1, -0.05) is 97.1 Å². The maximum Gasteiger partial charge on any atom is 0.144 e. The predicted octanol–water partition coefficient (Wildman–Crippen LogP) is 6.23. The van der Waals surface area contributed by atoms with Crippen LogP contribution in [0, 0.1) is 0 Å². The zero-order valence-corrected chi connectivity index (χ0v) is 16.7. The minimum atomic E-state index is -1.03. The van der Waals surface area contributed by atoms with Crippen molar-refractivity contribution >= 4 is 32.1 Å². The molecule has 136 valence electrons. The molecule has 0 fully saturated rings. The van der Waals surface area contributed by atoms with Crippen molar-refractivity contribution in [1.29, 1.82) is 0 Å². The van der Waals surface area contributed by atoms with Gasteiger partial charge in [-0.3, -0.25) is 0 Å². The van der Waals surface area contributed by atoms with Crippen LogP contribution in [0.1, 0.15) is 16.7 Å². The SMILES string of the molecule is C=CCS[S+]([O-])CC(=C(c1ccccc1)c1ccccc1)c1ccccc1. The molecule has 0 saturated heterocycles. The minimum absolute atomic E-state index is 0.488. The smallest absolute Gasteiger partial charge is 0.144 e. The Hall–Kier alpha value is -2.20. The van der Waals surface area contributed by atoms with Crippen molar-refractivity contribution in [2.45, 2.75) is 0 Å². The maximum atomic E-state index is 12.7. The summed E-state index contributed by atoms with van der Waals surface area (Å²) in [5.74, 6) is 1.17. The third-order valence-corrected chi connectivity index (χ3v) is 6.84. The van der Waals surface area contributed by atoms with Crippen LogP contribution in [0.15, 0.2) is 104 Å². The number of hydrogen-bond donors (Lipinski definition) is 0. The molecule has 1 unspecified atom stereocenters. The van der Waals surface area contributed by atoms with Gasteiger partial charge < -0.3 is 4.55 Å². The molecule has 0 heterocycles. The molecule has 3 heteroatoms. The van der Waals surface area contributed by atoms with Crippen LogP contribution in [0.5, 0.6) is 0 Å². The van der Waals surface area contributed by atoms with E-state index in [4.69, 9.17) is 0 Å². The quantitative estimate of drug-likeness (QED) is 0.197. The van der Waals surface area contributed by atoms with Crippen LogP contribution in [-0.2, 0) is 10.2 Å². The summed E-state index contributed by atoms with van der Waals surface area (Å²) in [4.78, 5) is 0. The second-order valence-electron chi connectivity index (χ2n) is 5.97. The zero-order valence-electron chi connectivity index (χ0n) is 15.1. The molecular formula is C24H22OS2. The molecule has 1 atom stereocenters. The molecule has 0 radical (unpaired) electrons. The van der Waals surface area contributed by atoms with Crippen molar-refractivity contribution in [2.75, 3.05) is 11.5 Å². The Balaban J connectivity index is 2.18. The molecule has 0 amide bonds. The normalized spacial score (nSPS) is 11.6. The lowest BCUT2D eigenvalue weighted by molar-refractivity contribution is 0.612. The average molecular weight is 391 g/mol. The van der Waals surface area contributed by atoms with Crippen LogP contribution >= 0.6 is 10.8 Å². The van der Waals surface area contributed by atoms with E-state index in [1.54, 1.807) is 6.08 Å². The number of benzene rings is 3. The van der Waals surface area contributed by atoms with E-state index in [-0.39, 0.29) is 0 Å². The summed E-state index contributed by atoms with van der Waals surface area (Å²) in [6.45, 7) is 3.73. The third kappa shape index (κ3) is 5.39. The molecule has 3 aromatic rings. The van der Waals surface area contributed by atoms with Crippen molar-refractivity contribution in [2.24, 2.45) is 0 Å². The predicted molar refractivity (Wildman–Crippen MR) is 121 cm³/mol. The molecule has 27 heavy (non-hydrogen) atoms. The lowest BCUT2D eigenvalue weighted by Gasteiger charge is -2.18. The highest BCUT2D eigenvalue weighted by molar-refractivity contribution is 8.72. The largest absolute Gasteiger partial charge is 0.605 e. The summed E-state index contributed by atoms with van der Waals surface area (Å²) < 4.78 is 12.7. The van der Waals surface area contributed by atoms with E-state index in [2.05, 4.69) is 43.0 Å². The molecule has 0 aliphatic carbocycles. The summed E-state index contributed by atoms with van der Waals surface area (Å²) >= 11 is 0. The van der Waals surface area contributed by atoms with E-state index in [1.165, 1.54) is 10.8 Å². The number of rotatable bonds is 8. The monoisotopic (exact) mass is 390 g/mol. The van der Waals surface area contributed by atoms with Crippen LogP contribution in [0.3, 0.4) is 0 Å². The lowest BCUT2D eigenvalue weighted by Crippen LogP contribution is -2.07. The van der Waals surface area contributed by atoms with E-state index in [9.17, 15) is 4.55 Å². The molecule has 0 saturated carbocycles. The van der Waals surface area contributed by atoms with Gasteiger partial charge in [-0.2, -0.15) is 0 Å². The van der Waals surface area contributed by atoms with Gasteiger partial charge >= 0.3 is 0 Å². The fourth-order valence-electron chi connectivity index (χ4n) is 2.95. The molecule has 1 nitrogen and oxygen atoms in total. The van der Waals surface area contributed by atoms with Gasteiger partial charge in [-0.25, -0.2) is 0 Å². The highest BCUT2D eigenvalue weighted by Crippen LogP contribution is 2.34. The Labute approximate surface area is 168 Å². The average Bonchev–Trinajstić information content (AvgIpc) is 2.74. The first-order valence-corrected chi connectivity index (χ1v) is 11.6. The van der Waals surface area contributed by atoms with Crippen LogP contribution < -0.4 is 0 Å². The van der Waals surface area contributed by atoms with E-state index >= 15 is 0 Å². The molecule has 3 rings (SSSR count). The first-order chi connectivity index (χ1) is 13.3. The van der Waals surface area contributed by atoms with Crippen molar-refractivity contribution < 1.29 is 4.55 Å². The highest BCUT2D eigenvalue weighted by atomic mass is 33.1. The van der Waals surface area contributed by atoms with Crippen LogP contribution in [0.25, 0.3) is 11.1 Å². The van der Waals surface area contributed by atoms with E-state index in [0.717, 1.165) is 27.8 Å². The van der Waals surface area contributed by atoms with Crippen molar-refractivity contribution in [1.82, 2.24) is 0 Å². The van der Waals surface area contributed by atoms with Crippen molar-refractivity contribution in [3.05, 3.63) is 120 Å². The Morgan fingerprint density at radius 2 is 1.22 bits per heavy atom. The summed E-state index contributed by atoms with van der Waals surface area (Å²) in [6, 6.07) is 30.9. The third-order valence-electron chi connectivity index (χ3n) is 4.13. The van der Waals surface area contributed by atoms with E-state index in [0.29, 0.717) is 11.5 Å². The van der Waals surface area contributed by atoms with Crippen LogP contribution in [0.2, 0.25) is 0 Å². The summed E-state index contributed by atoms with van der Waals surface area (Å²) in [5, 5.41) is 0. The highest BCUT2D eigenvalue weighted by Gasteiger charge is 2.19. The second kappa shape index (κ2) is 10.2. The summed E-state index contributed by atoms with van der Waals surface area (Å²) in [5.41, 5.74) is 5.60. The van der Waals surface area contributed by atoms with Gasteiger partial charge in [0.15, 0.2) is 0 Å². The fraction of sp³-hybridized carbons (Fsp3) is 0.0833. The Bertz CT molecular complexity index is 833. The van der Waals surface area contributed by atoms with Gasteiger partial charge in [0.05, 0.1) is 16.5 Å². The molecule has 0 aliphatic rings. The van der Waals surface area contributed by atoms with Crippen LogP contribution in [-0.4, -0.2) is 16.1 Å². The minimum Gasteiger partial charge on any atom is -0.605 e. The Morgan fingerprint density at radius 3 is 1.67 bits per heavy atom. The summed E-state index contributed by atoms with van der Waals surface area (Å²) in [7, 11) is 0.396. The van der Waals surface area contributed by atoms with Gasteiger partial charge in [0.2, 0.25) is 0 Å². The van der Waals surface area contributed by atoms with Crippen molar-refractivity contribution in [3.8, 4) is 0 Å². The molecule has 0 N–H and O–H groups in total. The van der Waals surface area contributed by atoms with Gasteiger partial charge in [0, 0.05) is 15.8 Å². The zero-order chi connectivity index (χ0) is 18.9. The number of hydrogen-bond acceptors (Lipinski definition) is 2. The first-order valence-electron chi connectivity index (χ1n) is 8.81. The molecule has 3 aromatic carbocycles. The summed E-state index contributed by atoms with van der Waals surface area (Å²) in [6.07, 6.45) is 1.80. The van der Waals surface area contributed by atoms with E-state index < -0.39 is 10.2 Å². The standard InChI is InChI=1S/C24H22OS2/c1-2-18-26-27(25)19-23(20-12-6-3-7-13-20)24(21-14-8-4-9-15-21)22-16-10-5-11-17-22/h2-17H,1,18-19H2. The van der Waals surface area contributed by atoms with Gasteiger partial charge in [-0.05, 0) is 22.3 Å². The Kier molecular flexibility index (Phi) is 7.40. The molecule has 0 aromatic heterocycles. The fourth-order valence-corrected chi connectivity index (χ4v) is 5.17. The van der Waals surface area contributed by atoms with Gasteiger partial charge in [0.25, 0.3) is 0 Å². The molecule has 0 bridgehead atoms. The molecule has 0 aliphatic heterocycles. The second-order valence-corrected chi connectivity index (χ2v) is 9.26.